The molecule has 1 N–H and O–H groups in total. The first-order chi connectivity index (χ1) is 5.79. The van der Waals surface area contributed by atoms with E-state index in [1.165, 1.54) is 6.92 Å². The van der Waals surface area contributed by atoms with E-state index in [9.17, 15) is 4.79 Å². The number of hydroxylamine groups is 1. The molecule has 0 saturated carbocycles. The zero-order valence-corrected chi connectivity index (χ0v) is 6.78. The first-order valence-corrected chi connectivity index (χ1v) is 3.58. The van der Waals surface area contributed by atoms with Gasteiger partial charge in [0.05, 0.1) is 6.54 Å². The molecule has 0 aromatic carbocycles. The summed E-state index contributed by atoms with van der Waals surface area (Å²) >= 11 is 0. The van der Waals surface area contributed by atoms with Crippen LogP contribution in [0.3, 0.4) is 0 Å². The van der Waals surface area contributed by atoms with Crippen LogP contribution in [0.5, 0.6) is 0 Å². The molecule has 0 unspecified atom stereocenters. The highest BCUT2D eigenvalue weighted by atomic mass is 16.7. The average molecular weight is 166 g/mol. The van der Waals surface area contributed by atoms with Crippen molar-refractivity contribution < 1.29 is 9.63 Å². The average Bonchev–Trinajstić information content (AvgIpc) is 2.05. The van der Waals surface area contributed by atoms with E-state index < -0.39 is 0 Å². The third kappa shape index (κ3) is 3.12. The quantitative estimate of drug-likeness (QED) is 0.670. The van der Waals surface area contributed by atoms with Gasteiger partial charge in [0, 0.05) is 19.3 Å². The van der Waals surface area contributed by atoms with Gasteiger partial charge in [0.25, 0.3) is 0 Å². The minimum absolute atomic E-state index is 0.348. The van der Waals surface area contributed by atoms with E-state index in [0.29, 0.717) is 6.54 Å². The van der Waals surface area contributed by atoms with Crippen LogP contribution in [-0.4, -0.2) is 11.0 Å². The van der Waals surface area contributed by atoms with E-state index >= 15 is 0 Å². The zero-order valence-electron chi connectivity index (χ0n) is 6.78. The van der Waals surface area contributed by atoms with Crippen LogP contribution in [0.4, 0.5) is 0 Å². The van der Waals surface area contributed by atoms with Crippen molar-refractivity contribution in [3.05, 3.63) is 30.1 Å². The monoisotopic (exact) mass is 166 g/mol. The first-order valence-electron chi connectivity index (χ1n) is 3.58. The molecule has 0 fully saturated rings. The van der Waals surface area contributed by atoms with Crippen LogP contribution in [0.15, 0.2) is 24.5 Å². The maximum atomic E-state index is 10.3. The van der Waals surface area contributed by atoms with Gasteiger partial charge in [0.1, 0.15) is 0 Å². The molecule has 12 heavy (non-hydrogen) atoms. The number of hydrogen-bond acceptors (Lipinski definition) is 4. The Balaban J connectivity index is 2.29. The molecular weight excluding hydrogens is 156 g/mol. The third-order valence-corrected chi connectivity index (χ3v) is 1.21. The minimum Gasteiger partial charge on any atom is -0.371 e. The van der Waals surface area contributed by atoms with E-state index in [0.717, 1.165) is 5.56 Å². The molecule has 0 atom stereocenters. The Morgan fingerprint density at radius 3 is 3.17 bits per heavy atom. The molecule has 0 aliphatic heterocycles. The lowest BCUT2D eigenvalue weighted by atomic mass is 10.3. The number of nitrogens with zero attached hydrogens (tertiary/aromatic N) is 1. The number of carbonyl (C=O) groups excluding carboxylic acids is 1. The molecule has 4 heteroatoms. The third-order valence-electron chi connectivity index (χ3n) is 1.21. The molecule has 0 amide bonds. The number of rotatable bonds is 3. The topological polar surface area (TPSA) is 51.2 Å². The van der Waals surface area contributed by atoms with Gasteiger partial charge in [-0.2, -0.15) is 0 Å². The Morgan fingerprint density at radius 1 is 1.75 bits per heavy atom. The second kappa shape index (κ2) is 4.46. The van der Waals surface area contributed by atoms with Gasteiger partial charge in [-0.05, 0) is 11.6 Å². The van der Waals surface area contributed by atoms with Gasteiger partial charge in [-0.15, -0.1) is 5.48 Å². The molecule has 1 aromatic rings. The summed E-state index contributed by atoms with van der Waals surface area (Å²) < 4.78 is 0. The first kappa shape index (κ1) is 8.67. The maximum absolute atomic E-state index is 10.3. The van der Waals surface area contributed by atoms with Crippen molar-refractivity contribution in [1.29, 1.82) is 0 Å². The fourth-order valence-corrected chi connectivity index (χ4v) is 0.724. The summed E-state index contributed by atoms with van der Waals surface area (Å²) in [5, 5.41) is 0. The molecule has 1 heterocycles. The van der Waals surface area contributed by atoms with Crippen molar-refractivity contribution in [3.8, 4) is 0 Å². The summed E-state index contributed by atoms with van der Waals surface area (Å²) in [6, 6.07) is 3.72. The lowest BCUT2D eigenvalue weighted by molar-refractivity contribution is -0.148. The molecule has 1 aromatic heterocycles. The summed E-state index contributed by atoms with van der Waals surface area (Å²) in [5.74, 6) is -0.348. The molecule has 64 valence electrons. The molecule has 0 radical (unpaired) electrons. The number of pyridine rings is 1. The zero-order chi connectivity index (χ0) is 8.81. The Hall–Kier alpha value is -1.42. The van der Waals surface area contributed by atoms with Crippen LogP contribution in [-0.2, 0) is 16.2 Å². The van der Waals surface area contributed by atoms with Crippen molar-refractivity contribution in [2.75, 3.05) is 0 Å². The van der Waals surface area contributed by atoms with Gasteiger partial charge in [0.15, 0.2) is 0 Å². The maximum Gasteiger partial charge on any atom is 0.321 e. The lowest BCUT2D eigenvalue weighted by Gasteiger charge is -2.01. The van der Waals surface area contributed by atoms with Crippen molar-refractivity contribution >= 4 is 5.97 Å². The van der Waals surface area contributed by atoms with Crippen molar-refractivity contribution in [2.24, 2.45) is 0 Å². The lowest BCUT2D eigenvalue weighted by Crippen LogP contribution is -2.17. The smallest absolute Gasteiger partial charge is 0.321 e. The summed E-state index contributed by atoms with van der Waals surface area (Å²) in [4.78, 5) is 18.8. The van der Waals surface area contributed by atoms with Crippen molar-refractivity contribution in [3.63, 3.8) is 0 Å². The largest absolute Gasteiger partial charge is 0.371 e. The Kier molecular flexibility index (Phi) is 3.22. The Labute approximate surface area is 70.5 Å². The summed E-state index contributed by atoms with van der Waals surface area (Å²) in [5.41, 5.74) is 3.48. The van der Waals surface area contributed by atoms with Crippen LogP contribution in [0.1, 0.15) is 12.5 Å². The highest BCUT2D eigenvalue weighted by Gasteiger charge is 1.93. The molecule has 4 nitrogen and oxygen atoms in total. The highest BCUT2D eigenvalue weighted by molar-refractivity contribution is 5.65. The van der Waals surface area contributed by atoms with Crippen molar-refractivity contribution in [1.82, 2.24) is 10.5 Å². The number of carbonyl (C=O) groups is 1. The van der Waals surface area contributed by atoms with E-state index in [2.05, 4.69) is 15.3 Å². The predicted octanol–water partition coefficient (Wildman–Crippen LogP) is 0.649. The second-order valence-corrected chi connectivity index (χ2v) is 2.28. The van der Waals surface area contributed by atoms with E-state index in [1.54, 1.807) is 12.4 Å². The van der Waals surface area contributed by atoms with Crippen LogP contribution < -0.4 is 5.48 Å². The van der Waals surface area contributed by atoms with E-state index in [4.69, 9.17) is 0 Å². The van der Waals surface area contributed by atoms with Crippen LogP contribution in [0.2, 0.25) is 0 Å². The summed E-state index contributed by atoms with van der Waals surface area (Å²) in [6.45, 7) is 1.82. The Morgan fingerprint density at radius 2 is 2.58 bits per heavy atom. The summed E-state index contributed by atoms with van der Waals surface area (Å²) in [6.07, 6.45) is 3.39. The summed E-state index contributed by atoms with van der Waals surface area (Å²) in [7, 11) is 0. The standard InChI is InChI=1S/C8H10N2O2/c1-7(11)12-10-6-8-3-2-4-9-5-8/h2-5,10H,6H2,1H3. The van der Waals surface area contributed by atoms with Crippen molar-refractivity contribution in [2.45, 2.75) is 13.5 Å². The molecule has 0 bridgehead atoms. The van der Waals surface area contributed by atoms with Gasteiger partial charge in [0.2, 0.25) is 0 Å². The predicted molar refractivity (Wildman–Crippen MR) is 42.8 cm³/mol. The fourth-order valence-electron chi connectivity index (χ4n) is 0.724. The molecule has 0 saturated heterocycles. The molecule has 0 aliphatic rings. The second-order valence-electron chi connectivity index (χ2n) is 2.28. The van der Waals surface area contributed by atoms with Gasteiger partial charge in [-0.3, -0.25) is 9.78 Å². The molecule has 0 spiro atoms. The number of hydrogen-bond donors (Lipinski definition) is 1. The van der Waals surface area contributed by atoms with Gasteiger partial charge >= 0.3 is 5.97 Å². The van der Waals surface area contributed by atoms with Crippen LogP contribution >= 0.6 is 0 Å². The molecular formula is C8H10N2O2. The minimum atomic E-state index is -0.348. The molecule has 1 rings (SSSR count). The SMILES string of the molecule is CC(=O)ONCc1cccnc1. The van der Waals surface area contributed by atoms with Crippen LogP contribution in [0, 0.1) is 0 Å². The Bertz CT molecular complexity index is 248. The van der Waals surface area contributed by atoms with Crippen LogP contribution in [0.25, 0.3) is 0 Å². The fraction of sp³-hybridized carbons (Fsp3) is 0.250. The van der Waals surface area contributed by atoms with E-state index in [-0.39, 0.29) is 5.97 Å². The highest BCUT2D eigenvalue weighted by Crippen LogP contribution is 1.93. The molecule has 0 aliphatic carbocycles. The van der Waals surface area contributed by atoms with Gasteiger partial charge < -0.3 is 4.84 Å². The normalized spacial score (nSPS) is 9.42. The van der Waals surface area contributed by atoms with Gasteiger partial charge in [-0.1, -0.05) is 6.07 Å². The van der Waals surface area contributed by atoms with Gasteiger partial charge in [-0.25, -0.2) is 0 Å². The number of nitrogens with one attached hydrogen (secondary N) is 1. The van der Waals surface area contributed by atoms with E-state index in [1.807, 2.05) is 12.1 Å². The number of aromatic nitrogens is 1.